The second-order valence-electron chi connectivity index (χ2n) is 3.62. The number of carbonyl (C=O) groups excluding carboxylic acids is 1. The highest BCUT2D eigenvalue weighted by molar-refractivity contribution is 5.92. The Morgan fingerprint density at radius 1 is 1.35 bits per heavy atom. The molecular formula is C13H16O4. The van der Waals surface area contributed by atoms with Crippen LogP contribution in [0.2, 0.25) is 0 Å². The van der Waals surface area contributed by atoms with Crippen molar-refractivity contribution in [1.29, 1.82) is 0 Å². The van der Waals surface area contributed by atoms with Crippen molar-refractivity contribution in [1.82, 2.24) is 0 Å². The molecule has 0 heterocycles. The molecule has 0 amide bonds. The van der Waals surface area contributed by atoms with Crippen molar-refractivity contribution in [2.75, 3.05) is 6.61 Å². The van der Waals surface area contributed by atoms with E-state index in [2.05, 4.69) is 6.58 Å². The predicted molar refractivity (Wildman–Crippen MR) is 64.1 cm³/mol. The number of rotatable bonds is 6. The lowest BCUT2D eigenvalue weighted by Crippen LogP contribution is -2.06. The standard InChI is InChI=1S/C13H16O4/c1-2-3-4-5-8-17-13(16)11-9-10(14)6-7-12(11)15/h2,6-7,9,14-15H,1,3-5,8H2. The Labute approximate surface area is 100 Å². The Hall–Kier alpha value is -1.97. The number of esters is 1. The van der Waals surface area contributed by atoms with Gasteiger partial charge in [0.1, 0.15) is 17.1 Å². The van der Waals surface area contributed by atoms with E-state index in [4.69, 9.17) is 4.74 Å². The summed E-state index contributed by atoms with van der Waals surface area (Å²) >= 11 is 0. The van der Waals surface area contributed by atoms with Crippen LogP contribution >= 0.6 is 0 Å². The molecule has 4 heteroatoms. The van der Waals surface area contributed by atoms with Crippen molar-refractivity contribution in [3.05, 3.63) is 36.4 Å². The highest BCUT2D eigenvalue weighted by Gasteiger charge is 2.12. The number of hydrogen-bond acceptors (Lipinski definition) is 4. The van der Waals surface area contributed by atoms with E-state index in [1.807, 2.05) is 6.08 Å². The summed E-state index contributed by atoms with van der Waals surface area (Å²) in [6, 6.07) is 3.74. The zero-order valence-electron chi connectivity index (χ0n) is 9.56. The average molecular weight is 236 g/mol. The summed E-state index contributed by atoms with van der Waals surface area (Å²) in [6.45, 7) is 3.89. The van der Waals surface area contributed by atoms with E-state index in [9.17, 15) is 15.0 Å². The number of aromatic hydroxyl groups is 2. The Kier molecular flexibility index (Phi) is 5.07. The van der Waals surface area contributed by atoms with Gasteiger partial charge in [0.15, 0.2) is 0 Å². The van der Waals surface area contributed by atoms with Crippen molar-refractivity contribution >= 4 is 5.97 Å². The highest BCUT2D eigenvalue weighted by atomic mass is 16.5. The van der Waals surface area contributed by atoms with Gasteiger partial charge in [0, 0.05) is 0 Å². The smallest absolute Gasteiger partial charge is 0.342 e. The molecular weight excluding hydrogens is 220 g/mol. The van der Waals surface area contributed by atoms with Gasteiger partial charge in [0.05, 0.1) is 6.61 Å². The van der Waals surface area contributed by atoms with E-state index in [-0.39, 0.29) is 17.1 Å². The van der Waals surface area contributed by atoms with Crippen LogP contribution in [0.25, 0.3) is 0 Å². The van der Waals surface area contributed by atoms with E-state index >= 15 is 0 Å². The fourth-order valence-electron chi connectivity index (χ4n) is 1.32. The fourth-order valence-corrected chi connectivity index (χ4v) is 1.32. The lowest BCUT2D eigenvalue weighted by atomic mass is 10.2. The molecule has 0 aliphatic carbocycles. The van der Waals surface area contributed by atoms with E-state index < -0.39 is 5.97 Å². The zero-order valence-corrected chi connectivity index (χ0v) is 9.56. The van der Waals surface area contributed by atoms with Gasteiger partial charge in [0.25, 0.3) is 0 Å². The minimum absolute atomic E-state index is 0.0197. The number of allylic oxidation sites excluding steroid dienone is 1. The van der Waals surface area contributed by atoms with E-state index in [1.54, 1.807) is 0 Å². The van der Waals surface area contributed by atoms with E-state index in [1.165, 1.54) is 18.2 Å². The molecule has 92 valence electrons. The van der Waals surface area contributed by atoms with Crippen molar-refractivity contribution < 1.29 is 19.7 Å². The molecule has 4 nitrogen and oxygen atoms in total. The average Bonchev–Trinajstić information content (AvgIpc) is 2.32. The van der Waals surface area contributed by atoms with Crippen LogP contribution in [0.15, 0.2) is 30.9 Å². The van der Waals surface area contributed by atoms with Crippen LogP contribution in [0, 0.1) is 0 Å². The van der Waals surface area contributed by atoms with Crippen LogP contribution in [0.3, 0.4) is 0 Å². The van der Waals surface area contributed by atoms with E-state index in [0.29, 0.717) is 6.61 Å². The van der Waals surface area contributed by atoms with Crippen LogP contribution in [0.1, 0.15) is 29.6 Å². The SMILES string of the molecule is C=CCCCCOC(=O)c1cc(O)ccc1O. The van der Waals surface area contributed by atoms with Gasteiger partial charge >= 0.3 is 5.97 Å². The summed E-state index contributed by atoms with van der Waals surface area (Å²) in [5, 5.41) is 18.6. The molecule has 0 aromatic heterocycles. The summed E-state index contributed by atoms with van der Waals surface area (Å²) in [7, 11) is 0. The second-order valence-corrected chi connectivity index (χ2v) is 3.62. The molecule has 0 saturated heterocycles. The van der Waals surface area contributed by atoms with Gasteiger partial charge in [-0.15, -0.1) is 6.58 Å². The molecule has 0 spiro atoms. The molecule has 2 N–H and O–H groups in total. The zero-order chi connectivity index (χ0) is 12.7. The van der Waals surface area contributed by atoms with Gasteiger partial charge in [0.2, 0.25) is 0 Å². The van der Waals surface area contributed by atoms with Gasteiger partial charge in [-0.1, -0.05) is 6.08 Å². The number of benzene rings is 1. The predicted octanol–water partition coefficient (Wildman–Crippen LogP) is 2.61. The maximum Gasteiger partial charge on any atom is 0.342 e. The van der Waals surface area contributed by atoms with Crippen molar-refractivity contribution in [3.63, 3.8) is 0 Å². The number of carbonyl (C=O) groups is 1. The van der Waals surface area contributed by atoms with Crippen LogP contribution in [0.5, 0.6) is 11.5 Å². The minimum Gasteiger partial charge on any atom is -0.508 e. The first-order valence-corrected chi connectivity index (χ1v) is 5.45. The summed E-state index contributed by atoms with van der Waals surface area (Å²) in [5.41, 5.74) is -0.0197. The molecule has 0 unspecified atom stereocenters. The number of unbranched alkanes of at least 4 members (excludes halogenated alkanes) is 2. The molecule has 1 aromatic carbocycles. The van der Waals surface area contributed by atoms with Crippen molar-refractivity contribution in [3.8, 4) is 11.5 Å². The van der Waals surface area contributed by atoms with Gasteiger partial charge in [-0.2, -0.15) is 0 Å². The van der Waals surface area contributed by atoms with Crippen LogP contribution in [-0.4, -0.2) is 22.8 Å². The molecule has 0 aliphatic rings. The second kappa shape index (κ2) is 6.58. The molecule has 0 atom stereocenters. The first-order valence-electron chi connectivity index (χ1n) is 5.45. The fraction of sp³-hybridized carbons (Fsp3) is 0.308. The Morgan fingerprint density at radius 2 is 2.12 bits per heavy atom. The number of phenolic OH excluding ortho intramolecular Hbond substituents is 2. The Morgan fingerprint density at radius 3 is 2.82 bits per heavy atom. The third-order valence-electron chi connectivity index (χ3n) is 2.24. The third-order valence-corrected chi connectivity index (χ3v) is 2.24. The quantitative estimate of drug-likeness (QED) is 0.345. The monoisotopic (exact) mass is 236 g/mol. The van der Waals surface area contributed by atoms with Gasteiger partial charge in [-0.3, -0.25) is 0 Å². The molecule has 0 fully saturated rings. The molecule has 0 aliphatic heterocycles. The summed E-state index contributed by atoms with van der Waals surface area (Å²) in [5.74, 6) is -0.905. The molecule has 1 rings (SSSR count). The van der Waals surface area contributed by atoms with Crippen LogP contribution in [0.4, 0.5) is 0 Å². The largest absolute Gasteiger partial charge is 0.508 e. The molecule has 0 radical (unpaired) electrons. The summed E-state index contributed by atoms with van der Waals surface area (Å²) in [6.07, 6.45) is 4.35. The summed E-state index contributed by atoms with van der Waals surface area (Å²) < 4.78 is 4.97. The van der Waals surface area contributed by atoms with Gasteiger partial charge < -0.3 is 14.9 Å². The molecule has 17 heavy (non-hydrogen) atoms. The minimum atomic E-state index is -0.628. The Balaban J connectivity index is 2.46. The van der Waals surface area contributed by atoms with Crippen molar-refractivity contribution in [2.45, 2.75) is 19.3 Å². The molecule has 0 saturated carbocycles. The number of hydrogen-bond donors (Lipinski definition) is 2. The number of phenols is 2. The van der Waals surface area contributed by atoms with Crippen molar-refractivity contribution in [2.24, 2.45) is 0 Å². The topological polar surface area (TPSA) is 66.8 Å². The van der Waals surface area contributed by atoms with E-state index in [0.717, 1.165) is 19.3 Å². The van der Waals surface area contributed by atoms with Crippen LogP contribution in [-0.2, 0) is 4.74 Å². The third kappa shape index (κ3) is 4.18. The number of ether oxygens (including phenoxy) is 1. The molecule has 0 bridgehead atoms. The normalized spacial score (nSPS) is 9.88. The first-order chi connectivity index (χ1) is 8.15. The maximum absolute atomic E-state index is 11.5. The first kappa shape index (κ1) is 13.1. The lowest BCUT2D eigenvalue weighted by molar-refractivity contribution is 0.0495. The van der Waals surface area contributed by atoms with Crippen LogP contribution < -0.4 is 0 Å². The van der Waals surface area contributed by atoms with Gasteiger partial charge in [-0.05, 0) is 37.5 Å². The highest BCUT2D eigenvalue weighted by Crippen LogP contribution is 2.22. The van der Waals surface area contributed by atoms with Gasteiger partial charge in [-0.25, -0.2) is 4.79 Å². The Bertz CT molecular complexity index is 398. The summed E-state index contributed by atoms with van der Waals surface area (Å²) in [4.78, 5) is 11.5. The molecule has 1 aromatic rings. The maximum atomic E-state index is 11.5. The lowest BCUT2D eigenvalue weighted by Gasteiger charge is -2.06.